The van der Waals surface area contributed by atoms with E-state index in [0.29, 0.717) is 11.6 Å². The second kappa shape index (κ2) is 6.75. The Morgan fingerprint density at radius 2 is 2.06 bits per heavy atom. The van der Waals surface area contributed by atoms with E-state index in [2.05, 4.69) is 16.9 Å². The molecule has 0 spiro atoms. The second-order valence-electron chi connectivity index (χ2n) is 3.91. The maximum absolute atomic E-state index is 5.81. The molecule has 1 aromatic carbocycles. The molecular formula is C13H15ClN2OS. The van der Waals surface area contributed by atoms with Gasteiger partial charge in [0.05, 0.1) is 6.04 Å². The highest BCUT2D eigenvalue weighted by atomic mass is 35.5. The van der Waals surface area contributed by atoms with Crippen LogP contribution in [0.2, 0.25) is 5.02 Å². The van der Waals surface area contributed by atoms with Crippen LogP contribution in [0, 0.1) is 0 Å². The van der Waals surface area contributed by atoms with Gasteiger partial charge < -0.3 is 4.74 Å². The third-order valence-electron chi connectivity index (χ3n) is 2.53. The lowest BCUT2D eigenvalue weighted by Gasteiger charge is -2.16. The smallest absolute Gasteiger partial charge is 0.119 e. The van der Waals surface area contributed by atoms with Crippen LogP contribution in [0.3, 0.4) is 0 Å². The van der Waals surface area contributed by atoms with E-state index in [1.54, 1.807) is 23.5 Å². The van der Waals surface area contributed by atoms with Crippen molar-refractivity contribution in [1.29, 1.82) is 0 Å². The van der Waals surface area contributed by atoms with E-state index in [1.807, 2.05) is 18.2 Å². The second-order valence-corrected chi connectivity index (χ2v) is 5.38. The highest BCUT2D eigenvalue weighted by Crippen LogP contribution is 2.16. The minimum Gasteiger partial charge on any atom is -0.492 e. The number of halogens is 1. The third-order valence-corrected chi connectivity index (χ3v) is 3.68. The molecule has 0 fully saturated rings. The molecule has 1 heterocycles. The lowest BCUT2D eigenvalue weighted by atomic mass is 10.2. The Bertz CT molecular complexity index is 458. The summed E-state index contributed by atoms with van der Waals surface area (Å²) in [4.78, 5) is 1.29. The normalized spacial score (nSPS) is 12.3. The van der Waals surface area contributed by atoms with E-state index in [1.165, 1.54) is 4.88 Å². The molecule has 2 aromatic rings. The van der Waals surface area contributed by atoms with Crippen molar-refractivity contribution >= 4 is 22.9 Å². The van der Waals surface area contributed by atoms with Gasteiger partial charge in [0.25, 0.3) is 0 Å². The zero-order valence-corrected chi connectivity index (χ0v) is 11.4. The number of rotatable bonds is 6. The highest BCUT2D eigenvalue weighted by Gasteiger charge is 2.09. The topological polar surface area (TPSA) is 47.3 Å². The van der Waals surface area contributed by atoms with Gasteiger partial charge in [0.1, 0.15) is 12.4 Å². The summed E-state index contributed by atoms with van der Waals surface area (Å²) in [6.07, 6.45) is 0.863. The summed E-state index contributed by atoms with van der Waals surface area (Å²) in [5, 5.41) is 2.76. The molecule has 0 aliphatic heterocycles. The maximum atomic E-state index is 5.81. The van der Waals surface area contributed by atoms with Crippen molar-refractivity contribution in [2.45, 2.75) is 12.5 Å². The van der Waals surface area contributed by atoms with Gasteiger partial charge in [-0.15, -0.1) is 11.3 Å². The van der Waals surface area contributed by atoms with E-state index < -0.39 is 0 Å². The molecule has 0 amide bonds. The largest absolute Gasteiger partial charge is 0.492 e. The SMILES string of the molecule is NNC(COc1ccc(Cl)cc1)Cc1cccs1. The van der Waals surface area contributed by atoms with E-state index in [4.69, 9.17) is 22.2 Å². The zero-order chi connectivity index (χ0) is 12.8. The van der Waals surface area contributed by atoms with Crippen molar-refractivity contribution in [2.24, 2.45) is 5.84 Å². The molecule has 3 nitrogen and oxygen atoms in total. The molecule has 0 aliphatic carbocycles. The van der Waals surface area contributed by atoms with E-state index in [0.717, 1.165) is 12.2 Å². The van der Waals surface area contributed by atoms with Gasteiger partial charge in [0.2, 0.25) is 0 Å². The van der Waals surface area contributed by atoms with Gasteiger partial charge in [-0.2, -0.15) is 0 Å². The van der Waals surface area contributed by atoms with Crippen molar-refractivity contribution in [3.05, 3.63) is 51.7 Å². The Labute approximate surface area is 116 Å². The summed E-state index contributed by atoms with van der Waals surface area (Å²) in [6.45, 7) is 0.524. The first-order valence-corrected chi connectivity index (χ1v) is 6.90. The Morgan fingerprint density at radius 1 is 1.28 bits per heavy atom. The number of benzene rings is 1. The molecule has 0 radical (unpaired) electrons. The predicted octanol–water partition coefficient (Wildman–Crippen LogP) is 2.85. The lowest BCUT2D eigenvalue weighted by Crippen LogP contribution is -2.41. The Morgan fingerprint density at radius 3 is 2.67 bits per heavy atom. The minimum absolute atomic E-state index is 0.0966. The molecular weight excluding hydrogens is 268 g/mol. The Hall–Kier alpha value is -1.07. The van der Waals surface area contributed by atoms with Crippen LogP contribution in [0.5, 0.6) is 5.75 Å². The van der Waals surface area contributed by atoms with Gasteiger partial charge >= 0.3 is 0 Å². The molecule has 3 N–H and O–H groups in total. The number of ether oxygens (including phenoxy) is 1. The van der Waals surface area contributed by atoms with Gasteiger partial charge in [-0.25, -0.2) is 0 Å². The molecule has 5 heteroatoms. The first-order chi connectivity index (χ1) is 8.78. The van der Waals surface area contributed by atoms with Crippen LogP contribution in [-0.2, 0) is 6.42 Å². The van der Waals surface area contributed by atoms with Gasteiger partial charge in [-0.3, -0.25) is 11.3 Å². The standard InChI is InChI=1S/C13H15ClN2OS/c14-10-3-5-12(6-4-10)17-9-11(16-15)8-13-2-1-7-18-13/h1-7,11,16H,8-9,15H2. The molecule has 1 aromatic heterocycles. The van der Waals surface area contributed by atoms with Crippen molar-refractivity contribution in [2.75, 3.05) is 6.61 Å². The molecule has 96 valence electrons. The fourth-order valence-corrected chi connectivity index (χ4v) is 2.48. The molecule has 1 unspecified atom stereocenters. The average molecular weight is 283 g/mol. The molecule has 0 saturated heterocycles. The van der Waals surface area contributed by atoms with Crippen molar-refractivity contribution in [1.82, 2.24) is 5.43 Å². The van der Waals surface area contributed by atoms with Crippen LogP contribution in [0.4, 0.5) is 0 Å². The summed E-state index contributed by atoms with van der Waals surface area (Å²) in [5.74, 6) is 6.33. The van der Waals surface area contributed by atoms with Crippen LogP contribution >= 0.6 is 22.9 Å². The molecule has 18 heavy (non-hydrogen) atoms. The molecule has 0 aliphatic rings. The maximum Gasteiger partial charge on any atom is 0.119 e. The van der Waals surface area contributed by atoms with Crippen LogP contribution in [0.1, 0.15) is 4.88 Å². The molecule has 0 bridgehead atoms. The summed E-state index contributed by atoms with van der Waals surface area (Å²) >= 11 is 7.53. The number of hydrogen-bond donors (Lipinski definition) is 2. The number of hydrogen-bond acceptors (Lipinski definition) is 4. The van der Waals surface area contributed by atoms with Crippen LogP contribution in [-0.4, -0.2) is 12.6 Å². The monoisotopic (exact) mass is 282 g/mol. The Balaban J connectivity index is 1.85. The summed E-state index contributed by atoms with van der Waals surface area (Å²) in [5.41, 5.74) is 2.78. The zero-order valence-electron chi connectivity index (χ0n) is 9.80. The van der Waals surface area contributed by atoms with Gasteiger partial charge in [-0.1, -0.05) is 17.7 Å². The minimum atomic E-state index is 0.0966. The first kappa shape index (κ1) is 13.4. The highest BCUT2D eigenvalue weighted by molar-refractivity contribution is 7.09. The quantitative estimate of drug-likeness (QED) is 0.633. The third kappa shape index (κ3) is 3.99. The summed E-state index contributed by atoms with van der Waals surface area (Å²) in [7, 11) is 0. The van der Waals surface area contributed by atoms with Crippen LogP contribution in [0.15, 0.2) is 41.8 Å². The fourth-order valence-electron chi connectivity index (χ4n) is 1.57. The van der Waals surface area contributed by atoms with E-state index in [9.17, 15) is 0 Å². The van der Waals surface area contributed by atoms with Gasteiger partial charge in [0.15, 0.2) is 0 Å². The molecule has 2 rings (SSSR count). The number of thiophene rings is 1. The molecule has 0 saturated carbocycles. The first-order valence-electron chi connectivity index (χ1n) is 5.65. The van der Waals surface area contributed by atoms with Gasteiger partial charge in [0, 0.05) is 16.3 Å². The van der Waals surface area contributed by atoms with Crippen LogP contribution < -0.4 is 16.0 Å². The predicted molar refractivity (Wildman–Crippen MR) is 76.1 cm³/mol. The number of nitrogens with one attached hydrogen (secondary N) is 1. The molecule has 1 atom stereocenters. The van der Waals surface area contributed by atoms with Crippen LogP contribution in [0.25, 0.3) is 0 Å². The van der Waals surface area contributed by atoms with E-state index >= 15 is 0 Å². The van der Waals surface area contributed by atoms with Crippen molar-refractivity contribution in [3.8, 4) is 5.75 Å². The van der Waals surface area contributed by atoms with Crippen molar-refractivity contribution < 1.29 is 4.74 Å². The van der Waals surface area contributed by atoms with Gasteiger partial charge in [-0.05, 0) is 35.7 Å². The summed E-state index contributed by atoms with van der Waals surface area (Å²) < 4.78 is 5.67. The van der Waals surface area contributed by atoms with Crippen molar-refractivity contribution in [3.63, 3.8) is 0 Å². The Kier molecular flexibility index (Phi) is 5.01. The number of nitrogens with two attached hydrogens (primary N) is 1. The summed E-state index contributed by atoms with van der Waals surface area (Å²) in [6, 6.07) is 11.5. The van der Waals surface area contributed by atoms with E-state index in [-0.39, 0.29) is 6.04 Å². The lowest BCUT2D eigenvalue weighted by molar-refractivity contribution is 0.265. The number of hydrazine groups is 1. The average Bonchev–Trinajstić information content (AvgIpc) is 2.89. The fraction of sp³-hybridized carbons (Fsp3) is 0.231.